The molecule has 20 heteroatoms. The summed E-state index contributed by atoms with van der Waals surface area (Å²) in [5.74, 6) is 1.99. The van der Waals surface area contributed by atoms with Crippen LogP contribution in [0.2, 0.25) is 0 Å². The number of aliphatic hydroxyl groups is 1. The molecule has 2 spiro atoms. The Hall–Kier alpha value is -3.56. The van der Waals surface area contributed by atoms with Crippen LogP contribution in [0.1, 0.15) is 106 Å². The number of halogens is 9. The Bertz CT molecular complexity index is 1980. The van der Waals surface area contributed by atoms with Crippen molar-refractivity contribution < 1.29 is 63.6 Å². The Morgan fingerprint density at radius 1 is 0.634 bits per heavy atom. The summed E-state index contributed by atoms with van der Waals surface area (Å²) in [6, 6.07) is 13.0. The highest BCUT2D eigenvalue weighted by Crippen LogP contribution is 2.43. The summed E-state index contributed by atoms with van der Waals surface area (Å²) in [6.45, 7) is 15.2. The fourth-order valence-corrected chi connectivity index (χ4v) is 10.9. The van der Waals surface area contributed by atoms with Crippen molar-refractivity contribution >= 4 is 6.09 Å². The maximum absolute atomic E-state index is 12.8. The van der Waals surface area contributed by atoms with E-state index in [1.165, 1.54) is 56.4 Å². The molecule has 6 heterocycles. The molecule has 1 amide bonds. The monoisotopic (exact) mass is 1020 g/mol. The van der Waals surface area contributed by atoms with Crippen molar-refractivity contribution in [2.75, 3.05) is 79.5 Å². The zero-order valence-corrected chi connectivity index (χ0v) is 42.0. The first-order chi connectivity index (χ1) is 33.4. The maximum atomic E-state index is 12.8. The van der Waals surface area contributed by atoms with Gasteiger partial charge in [0.15, 0.2) is 0 Å². The zero-order chi connectivity index (χ0) is 51.8. The molecule has 6 aliphatic heterocycles. The van der Waals surface area contributed by atoms with Crippen molar-refractivity contribution in [1.82, 2.24) is 29.8 Å². The molecule has 2 aromatic rings. The number of alkyl halides is 9. The lowest BCUT2D eigenvalue weighted by molar-refractivity contribution is -0.308. The molecule has 8 rings (SSSR count). The van der Waals surface area contributed by atoms with Crippen molar-refractivity contribution in [3.63, 3.8) is 0 Å². The first-order valence-electron chi connectivity index (χ1n) is 25.3. The summed E-state index contributed by atoms with van der Waals surface area (Å²) >= 11 is 0. The summed E-state index contributed by atoms with van der Waals surface area (Å²) in [6.07, 6.45) is -11.2. The van der Waals surface area contributed by atoms with Crippen LogP contribution in [0.15, 0.2) is 36.4 Å². The molecule has 6 aliphatic rings. The first kappa shape index (κ1) is 56.7. The van der Waals surface area contributed by atoms with E-state index in [2.05, 4.69) is 74.9 Å². The van der Waals surface area contributed by atoms with E-state index in [4.69, 9.17) is 14.6 Å². The number of aliphatic hydroxyl groups excluding tert-OH is 1. The fraction of sp³-hybridized carbons (Fsp3) is 0.745. The SMILES string of the molecule is CC(O)C(F)(F)F.Cc1ccc(CN2CCCC23CCN(C(=O)OC(C(F)(F)F)C(F)(F)F)CC3)c(OC2CCN(C)CC2)c1.Cc1ccc(CN2CCCC23CCNCC3)c(OC2CCN(C)CC2)c1. The van der Waals surface area contributed by atoms with E-state index in [0.717, 1.165) is 105 Å². The summed E-state index contributed by atoms with van der Waals surface area (Å²) in [7, 11) is 4.30. The Balaban J connectivity index is 0.000000215. The average Bonchev–Trinajstić information content (AvgIpc) is 3.87. The van der Waals surface area contributed by atoms with E-state index in [1.807, 2.05) is 19.1 Å². The number of amides is 1. The smallest absolute Gasteiger partial charge is 0.434 e. The summed E-state index contributed by atoms with van der Waals surface area (Å²) < 4.78 is 127. The normalized spacial score (nSPS) is 22.5. The summed E-state index contributed by atoms with van der Waals surface area (Å²) in [5.41, 5.74) is 4.98. The number of carbonyl (C=O) groups is 1. The minimum Gasteiger partial charge on any atom is -0.490 e. The predicted octanol–water partition coefficient (Wildman–Crippen LogP) is 9.64. The second kappa shape index (κ2) is 24.2. The number of benzene rings is 2. The van der Waals surface area contributed by atoms with Crippen LogP contribution in [-0.4, -0.2) is 169 Å². The van der Waals surface area contributed by atoms with Crippen molar-refractivity contribution in [2.24, 2.45) is 0 Å². The number of aryl methyl sites for hydroxylation is 2. The molecule has 402 valence electrons. The largest absolute Gasteiger partial charge is 0.490 e. The number of likely N-dealkylation sites (tertiary alicyclic amines) is 5. The molecule has 6 fully saturated rings. The molecule has 1 unspecified atom stereocenters. The minimum atomic E-state index is -5.73. The van der Waals surface area contributed by atoms with Crippen LogP contribution in [0, 0.1) is 13.8 Å². The quantitative estimate of drug-likeness (QED) is 0.237. The van der Waals surface area contributed by atoms with E-state index in [-0.39, 0.29) is 24.7 Å². The predicted molar refractivity (Wildman–Crippen MR) is 252 cm³/mol. The zero-order valence-electron chi connectivity index (χ0n) is 42.0. The number of rotatable bonds is 9. The highest BCUT2D eigenvalue weighted by molar-refractivity contribution is 5.68. The number of hydrogen-bond acceptors (Lipinski definition) is 10. The van der Waals surface area contributed by atoms with Gasteiger partial charge in [-0.25, -0.2) is 4.79 Å². The lowest BCUT2D eigenvalue weighted by Gasteiger charge is -2.45. The van der Waals surface area contributed by atoms with Crippen molar-refractivity contribution in [1.29, 1.82) is 0 Å². The summed E-state index contributed by atoms with van der Waals surface area (Å²) in [5, 5.41) is 11.3. The number of hydrogen-bond donors (Lipinski definition) is 2. The van der Waals surface area contributed by atoms with Crippen LogP contribution >= 0.6 is 0 Å². The molecule has 11 nitrogen and oxygen atoms in total. The lowest BCUT2D eigenvalue weighted by atomic mass is 9.85. The molecular formula is C51H75F9N6O5. The standard InChI is InChI=1S/C26H35F6N3O3.C22H35N3O.C3H5F3O/c1-18-4-5-19(21(16-18)37-20-6-12-33(2)13-7-20)17-35-11-3-8-24(35)9-14-34(15-10-24)23(36)38-22(25(27,28)29)26(30,31)32;1-18-4-5-19(21(16-18)26-20-6-14-24(2)15-7-20)17-25-13-3-8-22(25)9-11-23-12-10-22;1-2(7)3(4,5)6/h4-5,16,20,22H,3,6-15,17H2,1-2H3;4-5,16,20,23H,3,6-15,17H2,1-2H3;2,7H,1H3. The van der Waals surface area contributed by atoms with Gasteiger partial charge in [0.25, 0.3) is 6.10 Å². The van der Waals surface area contributed by atoms with E-state index >= 15 is 0 Å². The molecule has 2 N–H and O–H groups in total. The molecular weight excluding hydrogens is 948 g/mol. The van der Waals surface area contributed by atoms with Crippen LogP contribution in [0.5, 0.6) is 11.5 Å². The van der Waals surface area contributed by atoms with Crippen LogP contribution in [0.25, 0.3) is 0 Å². The van der Waals surface area contributed by atoms with Gasteiger partial charge in [-0.3, -0.25) is 9.80 Å². The van der Waals surface area contributed by atoms with E-state index in [9.17, 15) is 44.3 Å². The van der Waals surface area contributed by atoms with Gasteiger partial charge in [-0.2, -0.15) is 39.5 Å². The van der Waals surface area contributed by atoms with E-state index in [1.54, 1.807) is 0 Å². The van der Waals surface area contributed by atoms with E-state index < -0.39 is 36.8 Å². The van der Waals surface area contributed by atoms with Gasteiger partial charge in [0, 0.05) is 74.6 Å². The van der Waals surface area contributed by atoms with Gasteiger partial charge in [0.05, 0.1) is 0 Å². The highest BCUT2D eigenvalue weighted by atomic mass is 19.4. The van der Waals surface area contributed by atoms with Gasteiger partial charge in [0.2, 0.25) is 0 Å². The first-order valence-corrected chi connectivity index (χ1v) is 25.3. The molecule has 6 saturated heterocycles. The Labute approximate surface area is 413 Å². The Morgan fingerprint density at radius 2 is 1.03 bits per heavy atom. The highest BCUT2D eigenvalue weighted by Gasteiger charge is 2.60. The van der Waals surface area contributed by atoms with Crippen LogP contribution in [-0.2, 0) is 17.8 Å². The van der Waals surface area contributed by atoms with Crippen LogP contribution < -0.4 is 14.8 Å². The Kier molecular flexibility index (Phi) is 19.3. The molecule has 2 aromatic carbocycles. The van der Waals surface area contributed by atoms with Crippen molar-refractivity contribution in [2.45, 2.75) is 165 Å². The molecule has 0 saturated carbocycles. The Morgan fingerprint density at radius 3 is 1.41 bits per heavy atom. The molecule has 0 aliphatic carbocycles. The third-order valence-corrected chi connectivity index (χ3v) is 15.3. The van der Waals surface area contributed by atoms with Gasteiger partial charge in [-0.1, -0.05) is 24.3 Å². The third-order valence-electron chi connectivity index (χ3n) is 15.3. The second-order valence-corrected chi connectivity index (χ2v) is 20.8. The number of ether oxygens (including phenoxy) is 3. The third kappa shape index (κ3) is 15.7. The fourth-order valence-electron chi connectivity index (χ4n) is 10.9. The number of nitrogens with one attached hydrogen (secondary N) is 1. The lowest BCUT2D eigenvalue weighted by Crippen LogP contribution is -2.54. The van der Waals surface area contributed by atoms with Gasteiger partial charge in [-0.05, 0) is 161 Å². The van der Waals surface area contributed by atoms with Crippen LogP contribution in [0.4, 0.5) is 44.3 Å². The van der Waals surface area contributed by atoms with E-state index in [0.29, 0.717) is 38.0 Å². The number of nitrogens with zero attached hydrogens (tertiary/aromatic N) is 5. The van der Waals surface area contributed by atoms with Crippen LogP contribution in [0.3, 0.4) is 0 Å². The van der Waals surface area contributed by atoms with Crippen molar-refractivity contribution in [3.8, 4) is 11.5 Å². The number of carbonyl (C=O) groups excluding carboxylic acids is 1. The molecule has 71 heavy (non-hydrogen) atoms. The topological polar surface area (TPSA) is 93.2 Å². The molecule has 1 atom stereocenters. The molecule has 0 radical (unpaired) electrons. The van der Waals surface area contributed by atoms with Gasteiger partial charge >= 0.3 is 24.6 Å². The minimum absolute atomic E-state index is 0.0324. The molecule has 0 aromatic heterocycles. The van der Waals surface area contributed by atoms with Crippen molar-refractivity contribution in [3.05, 3.63) is 58.7 Å². The van der Waals surface area contributed by atoms with Gasteiger partial charge in [-0.15, -0.1) is 0 Å². The average molecular weight is 1020 g/mol. The number of piperidine rings is 4. The maximum Gasteiger partial charge on any atom is 0.434 e. The summed E-state index contributed by atoms with van der Waals surface area (Å²) in [4.78, 5) is 23.0. The molecule has 0 bridgehead atoms. The van der Waals surface area contributed by atoms with Gasteiger partial charge < -0.3 is 39.3 Å². The second-order valence-electron chi connectivity index (χ2n) is 20.8. The van der Waals surface area contributed by atoms with Gasteiger partial charge in [0.1, 0.15) is 29.8 Å².